The topological polar surface area (TPSA) is 63.6 Å². The lowest BCUT2D eigenvalue weighted by Gasteiger charge is -2.35. The molecule has 0 aromatic carbocycles. The first-order valence-electron chi connectivity index (χ1n) is 5.76. The van der Waals surface area contributed by atoms with E-state index in [4.69, 9.17) is 0 Å². The maximum atomic E-state index is 11.9. The summed E-state index contributed by atoms with van der Waals surface area (Å²) in [5.41, 5.74) is -1.30. The minimum atomic E-state index is -1.30. The molecule has 0 aliphatic carbocycles. The van der Waals surface area contributed by atoms with Crippen molar-refractivity contribution in [1.82, 2.24) is 4.90 Å². The summed E-state index contributed by atoms with van der Waals surface area (Å²) in [7, 11) is 1.69. The van der Waals surface area contributed by atoms with Gasteiger partial charge in [-0.1, -0.05) is 0 Å². The van der Waals surface area contributed by atoms with Crippen LogP contribution in [0.25, 0.3) is 0 Å². The van der Waals surface area contributed by atoms with Crippen LogP contribution in [0.3, 0.4) is 0 Å². The summed E-state index contributed by atoms with van der Waals surface area (Å²) < 4.78 is -0.181. The molecule has 2 unspecified atom stereocenters. The van der Waals surface area contributed by atoms with Crippen molar-refractivity contribution in [3.05, 3.63) is 5.21 Å². The van der Waals surface area contributed by atoms with Crippen LogP contribution in [0, 0.1) is 17.0 Å². The fourth-order valence-corrected chi connectivity index (χ4v) is 2.97. The zero-order valence-electron chi connectivity index (χ0n) is 10.1. The van der Waals surface area contributed by atoms with Crippen molar-refractivity contribution in [2.75, 3.05) is 33.2 Å². The molecule has 2 aliphatic heterocycles. The number of fused-ring (bicyclic) bond motifs is 1. The normalized spacial score (nSPS) is 38.9. The van der Waals surface area contributed by atoms with Crippen LogP contribution >= 0.6 is 0 Å². The fraction of sp³-hybridized carbons (Fsp3) is 0.909. The van der Waals surface area contributed by atoms with Gasteiger partial charge < -0.3 is 19.9 Å². The minimum Gasteiger partial charge on any atom is -0.633 e. The Kier molecular flexibility index (Phi) is 2.53. The molecule has 0 saturated carbocycles. The predicted octanol–water partition coefficient (Wildman–Crippen LogP) is -0.210. The van der Waals surface area contributed by atoms with Gasteiger partial charge in [-0.2, -0.15) is 0 Å². The number of amides is 1. The van der Waals surface area contributed by atoms with Gasteiger partial charge in [0.05, 0.1) is 20.1 Å². The second kappa shape index (κ2) is 3.42. The van der Waals surface area contributed by atoms with Crippen LogP contribution in [0.5, 0.6) is 0 Å². The van der Waals surface area contributed by atoms with Gasteiger partial charge in [0.2, 0.25) is 0 Å². The first-order chi connectivity index (χ1) is 7.19. The average molecular weight is 228 g/mol. The number of hydrogen-bond donors (Lipinski definition) is 1. The van der Waals surface area contributed by atoms with E-state index in [9.17, 15) is 15.1 Å². The van der Waals surface area contributed by atoms with Gasteiger partial charge in [-0.05, 0) is 13.8 Å². The molecular weight excluding hydrogens is 208 g/mol. The summed E-state index contributed by atoms with van der Waals surface area (Å²) in [4.78, 5) is 13.6. The molecule has 0 aromatic rings. The second-order valence-corrected chi connectivity index (χ2v) is 5.95. The van der Waals surface area contributed by atoms with E-state index in [0.717, 1.165) is 0 Å². The molecule has 2 fully saturated rings. The highest BCUT2D eigenvalue weighted by Crippen LogP contribution is 2.34. The highest BCUT2D eigenvalue weighted by molar-refractivity contribution is 5.84. The van der Waals surface area contributed by atoms with Gasteiger partial charge in [0.15, 0.2) is 0 Å². The third kappa shape index (κ3) is 2.07. The van der Waals surface area contributed by atoms with E-state index in [1.165, 1.54) is 13.8 Å². The van der Waals surface area contributed by atoms with Crippen molar-refractivity contribution in [1.29, 1.82) is 0 Å². The molecule has 16 heavy (non-hydrogen) atoms. The molecular formula is C11H20N2O3. The lowest BCUT2D eigenvalue weighted by molar-refractivity contribution is -0.850. The number of quaternary nitrogens is 1. The SMILES string of the molecule is CC(C)(O)C(=O)N1CC2C[N+](C)([O-])CC2C1. The van der Waals surface area contributed by atoms with Gasteiger partial charge in [0.25, 0.3) is 5.91 Å². The number of hydroxylamine groups is 3. The molecule has 2 heterocycles. The summed E-state index contributed by atoms with van der Waals surface area (Å²) >= 11 is 0. The average Bonchev–Trinajstić information content (AvgIpc) is 2.54. The van der Waals surface area contributed by atoms with E-state index in [1.807, 2.05) is 0 Å². The quantitative estimate of drug-likeness (QED) is 0.499. The standard InChI is InChI=1S/C11H20N2O3/c1-11(2,15)10(14)12-4-8-6-13(3,16)7-9(8)5-12/h8-9,15H,4-7H2,1-3H3. The Morgan fingerprint density at radius 3 is 2.19 bits per heavy atom. The Hall–Kier alpha value is -0.650. The number of likely N-dealkylation sites (tertiary alicyclic amines) is 2. The Balaban J connectivity index is 2.00. The van der Waals surface area contributed by atoms with E-state index in [0.29, 0.717) is 38.0 Å². The van der Waals surface area contributed by atoms with Crippen molar-refractivity contribution in [2.45, 2.75) is 19.4 Å². The molecule has 2 saturated heterocycles. The Bertz CT molecular complexity index is 293. The van der Waals surface area contributed by atoms with Gasteiger partial charge in [-0.25, -0.2) is 0 Å². The first kappa shape index (κ1) is 11.8. The molecule has 2 aliphatic rings. The van der Waals surface area contributed by atoms with E-state index >= 15 is 0 Å². The Morgan fingerprint density at radius 1 is 1.38 bits per heavy atom. The van der Waals surface area contributed by atoms with Crippen LogP contribution in [0.1, 0.15) is 13.8 Å². The van der Waals surface area contributed by atoms with Crippen molar-refractivity contribution >= 4 is 5.91 Å². The number of rotatable bonds is 1. The number of carbonyl (C=O) groups excluding carboxylic acids is 1. The lowest BCUT2D eigenvalue weighted by atomic mass is 10.0. The van der Waals surface area contributed by atoms with E-state index in [-0.39, 0.29) is 10.6 Å². The van der Waals surface area contributed by atoms with E-state index < -0.39 is 5.60 Å². The molecule has 5 heteroatoms. The third-order valence-corrected chi connectivity index (χ3v) is 3.63. The van der Waals surface area contributed by atoms with E-state index in [1.54, 1.807) is 11.9 Å². The van der Waals surface area contributed by atoms with Crippen LogP contribution in [0.15, 0.2) is 0 Å². The van der Waals surface area contributed by atoms with Crippen LogP contribution in [0.4, 0.5) is 0 Å². The highest BCUT2D eigenvalue weighted by Gasteiger charge is 2.47. The zero-order valence-corrected chi connectivity index (χ0v) is 10.1. The van der Waals surface area contributed by atoms with E-state index in [2.05, 4.69) is 0 Å². The lowest BCUT2D eigenvalue weighted by Crippen LogP contribution is -2.46. The van der Waals surface area contributed by atoms with Crippen LogP contribution in [-0.2, 0) is 4.79 Å². The smallest absolute Gasteiger partial charge is 0.253 e. The van der Waals surface area contributed by atoms with Crippen LogP contribution in [0.2, 0.25) is 0 Å². The molecule has 0 spiro atoms. The molecule has 1 amide bonds. The third-order valence-electron chi connectivity index (χ3n) is 3.63. The highest BCUT2D eigenvalue weighted by atomic mass is 16.5. The Morgan fingerprint density at radius 2 is 1.81 bits per heavy atom. The fourth-order valence-electron chi connectivity index (χ4n) is 2.97. The summed E-state index contributed by atoms with van der Waals surface area (Å²) in [5.74, 6) is 0.407. The number of hydrogen-bond acceptors (Lipinski definition) is 3. The summed E-state index contributed by atoms with van der Waals surface area (Å²) in [5, 5.41) is 21.4. The first-order valence-corrected chi connectivity index (χ1v) is 5.76. The van der Waals surface area contributed by atoms with Gasteiger partial charge >= 0.3 is 0 Å². The largest absolute Gasteiger partial charge is 0.633 e. The Labute approximate surface area is 95.8 Å². The number of nitrogens with zero attached hydrogens (tertiary/aromatic N) is 2. The second-order valence-electron chi connectivity index (χ2n) is 5.95. The predicted molar refractivity (Wildman–Crippen MR) is 59.1 cm³/mol. The molecule has 5 nitrogen and oxygen atoms in total. The van der Waals surface area contributed by atoms with Gasteiger partial charge in [0, 0.05) is 24.9 Å². The van der Waals surface area contributed by atoms with Crippen LogP contribution < -0.4 is 0 Å². The molecule has 92 valence electrons. The zero-order chi connectivity index (χ0) is 12.1. The van der Waals surface area contributed by atoms with Crippen molar-refractivity contribution in [2.24, 2.45) is 11.8 Å². The monoisotopic (exact) mass is 228 g/mol. The molecule has 0 radical (unpaired) electrons. The maximum Gasteiger partial charge on any atom is 0.253 e. The van der Waals surface area contributed by atoms with Crippen LogP contribution in [-0.4, -0.2) is 59.4 Å². The molecule has 0 bridgehead atoms. The van der Waals surface area contributed by atoms with Crippen molar-refractivity contribution < 1.29 is 14.5 Å². The molecule has 2 rings (SSSR count). The summed E-state index contributed by atoms with van der Waals surface area (Å²) in [6.45, 7) is 5.47. The number of carbonyl (C=O) groups is 1. The maximum absolute atomic E-state index is 11.9. The summed E-state index contributed by atoms with van der Waals surface area (Å²) in [6, 6.07) is 0. The van der Waals surface area contributed by atoms with Gasteiger partial charge in [0.1, 0.15) is 5.60 Å². The van der Waals surface area contributed by atoms with Gasteiger partial charge in [-0.15, -0.1) is 0 Å². The van der Waals surface area contributed by atoms with Crippen molar-refractivity contribution in [3.8, 4) is 0 Å². The summed E-state index contributed by atoms with van der Waals surface area (Å²) in [6.07, 6.45) is 0. The minimum absolute atomic E-state index is 0.181. The van der Waals surface area contributed by atoms with Gasteiger partial charge in [-0.3, -0.25) is 4.79 Å². The van der Waals surface area contributed by atoms with Crippen molar-refractivity contribution in [3.63, 3.8) is 0 Å². The molecule has 1 N–H and O–H groups in total. The molecule has 2 atom stereocenters. The molecule has 0 aromatic heterocycles. The number of aliphatic hydroxyl groups is 1.